The zero-order chi connectivity index (χ0) is 14.7. The molecular formula is C17H16N2O. The van der Waals surface area contributed by atoms with Gasteiger partial charge in [0.1, 0.15) is 5.69 Å². The lowest BCUT2D eigenvalue weighted by Crippen LogP contribution is -2.08. The minimum Gasteiger partial charge on any atom is -0.292 e. The molecule has 0 fully saturated rings. The summed E-state index contributed by atoms with van der Waals surface area (Å²) in [4.78, 5) is 19.6. The Kier molecular flexibility index (Phi) is 3.95. The Morgan fingerprint density at radius 1 is 1.20 bits per heavy atom. The number of aromatic nitrogens is 1. The molecule has 0 aliphatic heterocycles. The molecule has 1 heterocycles. The zero-order valence-corrected chi connectivity index (χ0v) is 11.9. The van der Waals surface area contributed by atoms with Crippen molar-refractivity contribution in [2.75, 3.05) is 0 Å². The SMILES string of the molecule is [C-]#[N+]c1ccc(C(=O)Cc2c(C)cc(C)cc2C)nc1. The minimum atomic E-state index is -0.0171. The fourth-order valence-electron chi connectivity index (χ4n) is 2.36. The Bertz CT molecular complexity index is 671. The molecule has 0 bridgehead atoms. The van der Waals surface area contributed by atoms with E-state index in [0.717, 1.165) is 16.7 Å². The van der Waals surface area contributed by atoms with Crippen molar-refractivity contribution in [1.82, 2.24) is 4.98 Å². The Labute approximate surface area is 119 Å². The molecule has 0 radical (unpaired) electrons. The number of aryl methyl sites for hydroxylation is 3. The molecule has 0 saturated carbocycles. The van der Waals surface area contributed by atoms with E-state index in [1.165, 1.54) is 11.8 Å². The van der Waals surface area contributed by atoms with E-state index in [4.69, 9.17) is 6.57 Å². The molecule has 100 valence electrons. The van der Waals surface area contributed by atoms with Gasteiger partial charge in [-0.2, -0.15) is 0 Å². The molecule has 0 atom stereocenters. The molecular weight excluding hydrogens is 248 g/mol. The van der Waals surface area contributed by atoms with Gasteiger partial charge in [-0.25, -0.2) is 4.85 Å². The summed E-state index contributed by atoms with van der Waals surface area (Å²) in [5, 5.41) is 0. The fourth-order valence-corrected chi connectivity index (χ4v) is 2.36. The highest BCUT2D eigenvalue weighted by atomic mass is 16.1. The Balaban J connectivity index is 2.26. The molecule has 0 amide bonds. The first-order chi connectivity index (χ1) is 9.51. The summed E-state index contributed by atoms with van der Waals surface area (Å²) >= 11 is 0. The van der Waals surface area contributed by atoms with Gasteiger partial charge in [0, 0.05) is 12.6 Å². The van der Waals surface area contributed by atoms with E-state index in [0.29, 0.717) is 17.8 Å². The lowest BCUT2D eigenvalue weighted by atomic mass is 9.95. The van der Waals surface area contributed by atoms with Gasteiger partial charge in [-0.1, -0.05) is 23.8 Å². The van der Waals surface area contributed by atoms with E-state index in [1.807, 2.05) is 13.8 Å². The largest absolute Gasteiger partial charge is 0.292 e. The van der Waals surface area contributed by atoms with Crippen molar-refractivity contribution >= 4 is 11.5 Å². The molecule has 0 saturated heterocycles. The minimum absolute atomic E-state index is 0.0171. The molecule has 0 N–H and O–H groups in total. The van der Waals surface area contributed by atoms with Gasteiger partial charge in [0.05, 0.1) is 6.57 Å². The van der Waals surface area contributed by atoms with Crippen LogP contribution in [0.2, 0.25) is 0 Å². The van der Waals surface area contributed by atoms with E-state index in [-0.39, 0.29) is 5.78 Å². The van der Waals surface area contributed by atoms with Crippen LogP contribution >= 0.6 is 0 Å². The van der Waals surface area contributed by atoms with Crippen LogP contribution in [-0.2, 0) is 6.42 Å². The van der Waals surface area contributed by atoms with Crippen LogP contribution < -0.4 is 0 Å². The first-order valence-electron chi connectivity index (χ1n) is 6.44. The van der Waals surface area contributed by atoms with Gasteiger partial charge >= 0.3 is 0 Å². The van der Waals surface area contributed by atoms with Crippen molar-refractivity contribution in [1.29, 1.82) is 0 Å². The smallest absolute Gasteiger partial charge is 0.205 e. The summed E-state index contributed by atoms with van der Waals surface area (Å²) in [7, 11) is 0. The van der Waals surface area contributed by atoms with Crippen molar-refractivity contribution in [2.45, 2.75) is 27.2 Å². The zero-order valence-electron chi connectivity index (χ0n) is 11.9. The molecule has 1 aromatic carbocycles. The van der Waals surface area contributed by atoms with E-state index < -0.39 is 0 Å². The Morgan fingerprint density at radius 3 is 2.35 bits per heavy atom. The normalized spacial score (nSPS) is 10.1. The van der Waals surface area contributed by atoms with Gasteiger partial charge in [0.2, 0.25) is 5.69 Å². The highest BCUT2D eigenvalue weighted by molar-refractivity contribution is 5.96. The van der Waals surface area contributed by atoms with Crippen LogP contribution in [0, 0.1) is 27.3 Å². The van der Waals surface area contributed by atoms with E-state index in [2.05, 4.69) is 28.9 Å². The number of pyridine rings is 1. The number of benzene rings is 1. The number of nitrogens with zero attached hydrogens (tertiary/aromatic N) is 2. The summed E-state index contributed by atoms with van der Waals surface area (Å²) < 4.78 is 0. The van der Waals surface area contributed by atoms with Crippen molar-refractivity contribution in [3.8, 4) is 0 Å². The monoisotopic (exact) mass is 264 g/mol. The number of Topliss-reactive ketones (excluding diaryl/α,β-unsaturated/α-hetero) is 1. The quantitative estimate of drug-likeness (QED) is 0.620. The van der Waals surface area contributed by atoms with Gasteiger partial charge < -0.3 is 0 Å². The lowest BCUT2D eigenvalue weighted by molar-refractivity contribution is 0.0988. The van der Waals surface area contributed by atoms with Gasteiger partial charge in [0.15, 0.2) is 5.78 Å². The summed E-state index contributed by atoms with van der Waals surface area (Å²) in [6.07, 6.45) is 1.79. The molecule has 1 aromatic heterocycles. The second-order valence-electron chi connectivity index (χ2n) is 4.99. The summed E-state index contributed by atoms with van der Waals surface area (Å²) in [6.45, 7) is 13.0. The summed E-state index contributed by atoms with van der Waals surface area (Å²) in [5.41, 5.74) is 5.40. The molecule has 3 nitrogen and oxygen atoms in total. The highest BCUT2D eigenvalue weighted by Crippen LogP contribution is 2.19. The van der Waals surface area contributed by atoms with Gasteiger partial charge in [0.25, 0.3) is 0 Å². The first-order valence-corrected chi connectivity index (χ1v) is 6.44. The maximum absolute atomic E-state index is 12.3. The van der Waals surface area contributed by atoms with Crippen LogP contribution in [0.3, 0.4) is 0 Å². The number of hydrogen-bond donors (Lipinski definition) is 0. The molecule has 20 heavy (non-hydrogen) atoms. The number of ketones is 1. The van der Waals surface area contributed by atoms with Crippen LogP contribution in [0.1, 0.15) is 32.7 Å². The van der Waals surface area contributed by atoms with Crippen molar-refractivity contribution < 1.29 is 4.79 Å². The summed E-state index contributed by atoms with van der Waals surface area (Å²) in [5.74, 6) is -0.0171. The third-order valence-electron chi connectivity index (χ3n) is 3.34. The third kappa shape index (κ3) is 2.92. The maximum atomic E-state index is 12.3. The second-order valence-corrected chi connectivity index (χ2v) is 4.99. The van der Waals surface area contributed by atoms with Crippen LogP contribution in [0.4, 0.5) is 5.69 Å². The number of carbonyl (C=O) groups is 1. The van der Waals surface area contributed by atoms with Crippen LogP contribution in [0.15, 0.2) is 30.5 Å². The fraction of sp³-hybridized carbons (Fsp3) is 0.235. The lowest BCUT2D eigenvalue weighted by Gasteiger charge is -2.10. The predicted octanol–water partition coefficient (Wildman–Crippen LogP) is 3.98. The van der Waals surface area contributed by atoms with E-state index in [9.17, 15) is 4.79 Å². The molecule has 2 rings (SSSR count). The highest BCUT2D eigenvalue weighted by Gasteiger charge is 2.12. The van der Waals surface area contributed by atoms with Crippen LogP contribution in [0.5, 0.6) is 0 Å². The van der Waals surface area contributed by atoms with Crippen molar-refractivity contribution in [3.63, 3.8) is 0 Å². The first kappa shape index (κ1) is 14.0. The van der Waals surface area contributed by atoms with Crippen molar-refractivity contribution in [3.05, 3.63) is 69.8 Å². The molecule has 0 spiro atoms. The second kappa shape index (κ2) is 5.66. The predicted molar refractivity (Wildman–Crippen MR) is 79.2 cm³/mol. The third-order valence-corrected chi connectivity index (χ3v) is 3.34. The maximum Gasteiger partial charge on any atom is 0.205 e. The summed E-state index contributed by atoms with van der Waals surface area (Å²) in [6, 6.07) is 7.42. The van der Waals surface area contributed by atoms with E-state index >= 15 is 0 Å². The van der Waals surface area contributed by atoms with E-state index in [1.54, 1.807) is 12.1 Å². The van der Waals surface area contributed by atoms with Crippen LogP contribution in [0.25, 0.3) is 4.85 Å². The average molecular weight is 264 g/mol. The number of rotatable bonds is 3. The Hall–Kier alpha value is -2.47. The Morgan fingerprint density at radius 2 is 1.85 bits per heavy atom. The molecule has 0 aliphatic rings. The van der Waals surface area contributed by atoms with Gasteiger partial charge in [-0.05, 0) is 43.5 Å². The van der Waals surface area contributed by atoms with Gasteiger partial charge in [-0.15, -0.1) is 0 Å². The molecule has 0 unspecified atom stereocenters. The molecule has 3 heteroatoms. The van der Waals surface area contributed by atoms with Crippen LogP contribution in [-0.4, -0.2) is 10.8 Å². The number of hydrogen-bond acceptors (Lipinski definition) is 2. The standard InChI is InChI=1S/C17H16N2O/c1-11-7-12(2)15(13(3)8-11)9-17(20)16-6-5-14(18-4)10-19-16/h5-8,10H,9H2,1-3H3. The topological polar surface area (TPSA) is 34.3 Å². The average Bonchev–Trinajstić information content (AvgIpc) is 2.42. The molecule has 2 aromatic rings. The molecule has 0 aliphatic carbocycles. The number of carbonyl (C=O) groups excluding carboxylic acids is 1. The van der Waals surface area contributed by atoms with Crippen molar-refractivity contribution in [2.24, 2.45) is 0 Å². The van der Waals surface area contributed by atoms with Gasteiger partial charge in [-0.3, -0.25) is 9.78 Å².